The van der Waals surface area contributed by atoms with Crippen LogP contribution in [0.1, 0.15) is 34.5 Å². The van der Waals surface area contributed by atoms with Crippen LogP contribution in [0.2, 0.25) is 5.02 Å². The number of carbonyl (C=O) groups excluding carboxylic acids is 1. The Hall–Kier alpha value is -3.27. The molecule has 3 aromatic rings. The minimum absolute atomic E-state index is 0.0437. The van der Waals surface area contributed by atoms with Crippen molar-refractivity contribution >= 4 is 28.4 Å². The molecule has 2 heterocycles. The molecule has 1 amide bonds. The Kier molecular flexibility index (Phi) is 5.49. The summed E-state index contributed by atoms with van der Waals surface area (Å²) in [5.74, 6) is 5.47. The van der Waals surface area contributed by atoms with Gasteiger partial charge in [0.2, 0.25) is 5.43 Å². The zero-order chi connectivity index (χ0) is 21.3. The van der Waals surface area contributed by atoms with Crippen LogP contribution in [0.5, 0.6) is 5.75 Å². The Balaban J connectivity index is 1.76. The standard InChI is InChI=1S/C23H19ClN2O4/c1-14-13-30-20-10-16(3-2-8-27)9-18-21(20)26(14)12-19(22(18)28)23(29)25-11-15-4-6-17(24)7-5-15/h4-7,9-10,12,14,27H,8,11,13H2,1H3,(H,25,29). The molecule has 1 aromatic heterocycles. The minimum atomic E-state index is -0.451. The van der Waals surface area contributed by atoms with Gasteiger partial charge in [0.15, 0.2) is 0 Å². The fourth-order valence-corrected chi connectivity index (χ4v) is 3.58. The number of amides is 1. The maximum atomic E-state index is 13.2. The van der Waals surface area contributed by atoms with E-state index < -0.39 is 5.91 Å². The number of carbonyl (C=O) groups is 1. The lowest BCUT2D eigenvalue weighted by Gasteiger charge is -2.27. The molecule has 6 nitrogen and oxygen atoms in total. The number of pyridine rings is 1. The predicted molar refractivity (Wildman–Crippen MR) is 115 cm³/mol. The van der Waals surface area contributed by atoms with Gasteiger partial charge in [-0.05, 0) is 36.8 Å². The van der Waals surface area contributed by atoms with E-state index in [1.165, 1.54) is 0 Å². The third kappa shape index (κ3) is 3.78. The summed E-state index contributed by atoms with van der Waals surface area (Å²) in [6, 6.07) is 10.5. The molecule has 1 aliphatic heterocycles. The van der Waals surface area contributed by atoms with Crippen molar-refractivity contribution in [3.05, 3.63) is 74.5 Å². The van der Waals surface area contributed by atoms with Crippen molar-refractivity contribution in [2.75, 3.05) is 13.2 Å². The molecular formula is C23H19ClN2O4. The summed E-state index contributed by atoms with van der Waals surface area (Å²) in [6.07, 6.45) is 1.59. The molecule has 0 fully saturated rings. The molecule has 0 spiro atoms. The molecule has 2 aromatic carbocycles. The van der Waals surface area contributed by atoms with Gasteiger partial charge in [-0.2, -0.15) is 0 Å². The van der Waals surface area contributed by atoms with Crippen LogP contribution in [0.15, 0.2) is 47.4 Å². The fourth-order valence-electron chi connectivity index (χ4n) is 3.46. The Morgan fingerprint density at radius 1 is 1.33 bits per heavy atom. The molecule has 1 atom stereocenters. The van der Waals surface area contributed by atoms with Crippen molar-refractivity contribution in [3.8, 4) is 17.6 Å². The molecule has 7 heteroatoms. The summed E-state index contributed by atoms with van der Waals surface area (Å²) in [5, 5.41) is 12.7. The lowest BCUT2D eigenvalue weighted by Crippen LogP contribution is -2.31. The van der Waals surface area contributed by atoms with Crippen LogP contribution in [0.4, 0.5) is 0 Å². The van der Waals surface area contributed by atoms with E-state index in [-0.39, 0.29) is 30.2 Å². The topological polar surface area (TPSA) is 80.6 Å². The number of aromatic nitrogens is 1. The van der Waals surface area contributed by atoms with Crippen molar-refractivity contribution < 1.29 is 14.6 Å². The van der Waals surface area contributed by atoms with E-state index in [0.29, 0.717) is 33.8 Å². The van der Waals surface area contributed by atoms with E-state index in [0.717, 1.165) is 5.56 Å². The molecule has 2 N–H and O–H groups in total. The highest BCUT2D eigenvalue weighted by atomic mass is 35.5. The number of aliphatic hydroxyl groups excluding tert-OH is 1. The molecule has 1 aliphatic rings. The molecule has 4 rings (SSSR count). The molecule has 0 saturated heterocycles. The van der Waals surface area contributed by atoms with Crippen LogP contribution >= 0.6 is 11.6 Å². The maximum absolute atomic E-state index is 13.2. The van der Waals surface area contributed by atoms with Crippen LogP contribution in [0.25, 0.3) is 10.9 Å². The van der Waals surface area contributed by atoms with Gasteiger partial charge in [-0.3, -0.25) is 9.59 Å². The Labute approximate surface area is 178 Å². The number of rotatable bonds is 3. The van der Waals surface area contributed by atoms with E-state index in [1.54, 1.807) is 30.5 Å². The zero-order valence-electron chi connectivity index (χ0n) is 16.2. The van der Waals surface area contributed by atoms with E-state index in [4.69, 9.17) is 21.4 Å². The van der Waals surface area contributed by atoms with Crippen LogP contribution in [0.3, 0.4) is 0 Å². The number of halogens is 1. The monoisotopic (exact) mass is 422 g/mol. The van der Waals surface area contributed by atoms with E-state index in [9.17, 15) is 9.59 Å². The molecule has 0 aliphatic carbocycles. The second-order valence-electron chi connectivity index (χ2n) is 7.08. The maximum Gasteiger partial charge on any atom is 0.257 e. The summed E-state index contributed by atoms with van der Waals surface area (Å²) in [7, 11) is 0. The molecule has 30 heavy (non-hydrogen) atoms. The SMILES string of the molecule is CC1COc2cc(C#CCO)cc3c(=O)c(C(=O)NCc4ccc(Cl)cc4)cn1c23. The van der Waals surface area contributed by atoms with Gasteiger partial charge in [0, 0.05) is 23.3 Å². The molecule has 0 bridgehead atoms. The van der Waals surface area contributed by atoms with Gasteiger partial charge in [0.1, 0.15) is 24.5 Å². The first kappa shape index (κ1) is 20.0. The summed E-state index contributed by atoms with van der Waals surface area (Å²) in [5.41, 5.74) is 1.73. The van der Waals surface area contributed by atoms with E-state index in [2.05, 4.69) is 17.2 Å². The molecule has 152 valence electrons. The zero-order valence-corrected chi connectivity index (χ0v) is 17.0. The number of benzene rings is 2. The van der Waals surface area contributed by atoms with Crippen LogP contribution < -0.4 is 15.5 Å². The van der Waals surface area contributed by atoms with Crippen molar-refractivity contribution in [3.63, 3.8) is 0 Å². The quantitative estimate of drug-likeness (QED) is 0.636. The summed E-state index contributed by atoms with van der Waals surface area (Å²) in [4.78, 5) is 26.0. The molecule has 0 radical (unpaired) electrons. The Morgan fingerprint density at radius 2 is 2.10 bits per heavy atom. The van der Waals surface area contributed by atoms with Gasteiger partial charge in [-0.15, -0.1) is 0 Å². The number of ether oxygens (including phenoxy) is 1. The van der Waals surface area contributed by atoms with Gasteiger partial charge in [0.05, 0.1) is 16.9 Å². The Morgan fingerprint density at radius 3 is 2.83 bits per heavy atom. The summed E-state index contributed by atoms with van der Waals surface area (Å²) >= 11 is 5.89. The van der Waals surface area contributed by atoms with Gasteiger partial charge in [-0.1, -0.05) is 35.6 Å². The number of nitrogens with zero attached hydrogens (tertiary/aromatic N) is 1. The minimum Gasteiger partial charge on any atom is -0.489 e. The van der Waals surface area contributed by atoms with Gasteiger partial charge < -0.3 is 19.7 Å². The normalized spacial score (nSPS) is 14.6. The van der Waals surface area contributed by atoms with Gasteiger partial charge >= 0.3 is 0 Å². The van der Waals surface area contributed by atoms with Gasteiger partial charge in [-0.25, -0.2) is 0 Å². The highest BCUT2D eigenvalue weighted by Gasteiger charge is 2.24. The first-order valence-corrected chi connectivity index (χ1v) is 9.84. The highest BCUT2D eigenvalue weighted by Crippen LogP contribution is 2.32. The number of aliphatic hydroxyl groups is 1. The first-order valence-electron chi connectivity index (χ1n) is 9.46. The van der Waals surface area contributed by atoms with Crippen molar-refractivity contribution in [2.24, 2.45) is 0 Å². The molecular weight excluding hydrogens is 404 g/mol. The first-order chi connectivity index (χ1) is 14.5. The number of hydrogen-bond donors (Lipinski definition) is 2. The van der Waals surface area contributed by atoms with Crippen molar-refractivity contribution in [1.29, 1.82) is 0 Å². The second kappa shape index (κ2) is 8.23. The Bertz CT molecular complexity index is 1250. The third-order valence-electron chi connectivity index (χ3n) is 4.97. The smallest absolute Gasteiger partial charge is 0.257 e. The van der Waals surface area contributed by atoms with Crippen LogP contribution in [-0.2, 0) is 6.54 Å². The van der Waals surface area contributed by atoms with E-state index >= 15 is 0 Å². The number of nitrogens with one attached hydrogen (secondary N) is 1. The van der Waals surface area contributed by atoms with Crippen LogP contribution in [-0.4, -0.2) is 28.8 Å². The fraction of sp³-hybridized carbons (Fsp3) is 0.217. The second-order valence-corrected chi connectivity index (χ2v) is 7.52. The van der Waals surface area contributed by atoms with Crippen molar-refractivity contribution in [2.45, 2.75) is 19.5 Å². The van der Waals surface area contributed by atoms with E-state index in [1.807, 2.05) is 23.6 Å². The van der Waals surface area contributed by atoms with Crippen molar-refractivity contribution in [1.82, 2.24) is 9.88 Å². The average Bonchev–Trinajstić information content (AvgIpc) is 2.75. The molecule has 1 unspecified atom stereocenters. The van der Waals surface area contributed by atoms with Crippen LogP contribution in [0, 0.1) is 11.8 Å². The highest BCUT2D eigenvalue weighted by molar-refractivity contribution is 6.30. The summed E-state index contributed by atoms with van der Waals surface area (Å²) < 4.78 is 7.70. The average molecular weight is 423 g/mol. The number of hydrogen-bond acceptors (Lipinski definition) is 4. The predicted octanol–water partition coefficient (Wildman–Crippen LogP) is 2.88. The lowest BCUT2D eigenvalue weighted by molar-refractivity contribution is 0.0948. The largest absolute Gasteiger partial charge is 0.489 e. The molecule has 0 saturated carbocycles. The lowest BCUT2D eigenvalue weighted by atomic mass is 10.0. The third-order valence-corrected chi connectivity index (χ3v) is 5.22. The van der Waals surface area contributed by atoms with Gasteiger partial charge in [0.25, 0.3) is 5.91 Å². The summed E-state index contributed by atoms with van der Waals surface area (Å²) in [6.45, 7) is 2.36.